The van der Waals surface area contributed by atoms with E-state index in [1.165, 1.54) is 0 Å². The molecule has 4 heteroatoms. The second-order valence-electron chi connectivity index (χ2n) is 3.88. The Morgan fingerprint density at radius 2 is 2.13 bits per heavy atom. The molecule has 1 heterocycles. The fourth-order valence-electron chi connectivity index (χ4n) is 1.25. The minimum atomic E-state index is 0.365. The molecule has 0 atom stereocenters. The van der Waals surface area contributed by atoms with E-state index in [4.69, 9.17) is 0 Å². The lowest BCUT2D eigenvalue weighted by Gasteiger charge is -2.10. The summed E-state index contributed by atoms with van der Waals surface area (Å²) < 4.78 is 0. The number of aryl methyl sites for hydroxylation is 1. The highest BCUT2D eigenvalue weighted by molar-refractivity contribution is 5.29. The van der Waals surface area contributed by atoms with Crippen LogP contribution in [0.5, 0.6) is 0 Å². The Bertz CT molecular complexity index is 309. The van der Waals surface area contributed by atoms with Gasteiger partial charge in [0.25, 0.3) is 0 Å². The summed E-state index contributed by atoms with van der Waals surface area (Å²) >= 11 is 0. The molecule has 1 aromatic rings. The first kappa shape index (κ1) is 11.9. The number of anilines is 1. The second-order valence-corrected chi connectivity index (χ2v) is 3.88. The van der Waals surface area contributed by atoms with E-state index in [0.717, 1.165) is 24.3 Å². The van der Waals surface area contributed by atoms with Crippen LogP contribution < -0.4 is 10.6 Å². The van der Waals surface area contributed by atoms with Crippen molar-refractivity contribution < 1.29 is 0 Å². The summed E-state index contributed by atoms with van der Waals surface area (Å²) in [5.74, 6) is 0.711. The van der Waals surface area contributed by atoms with Gasteiger partial charge >= 0.3 is 0 Å². The van der Waals surface area contributed by atoms with E-state index in [-0.39, 0.29) is 0 Å². The largest absolute Gasteiger partial charge is 0.352 e. The first-order valence-corrected chi connectivity index (χ1v) is 5.43. The number of rotatable bonds is 5. The summed E-state index contributed by atoms with van der Waals surface area (Å²) in [7, 11) is 0. The maximum Gasteiger partial charge on any atom is 0.223 e. The Balaban J connectivity index is 2.69. The van der Waals surface area contributed by atoms with Crippen molar-refractivity contribution in [3.8, 4) is 0 Å². The van der Waals surface area contributed by atoms with Crippen LogP contribution >= 0.6 is 0 Å². The van der Waals surface area contributed by atoms with Gasteiger partial charge in [-0.1, -0.05) is 6.92 Å². The number of nitrogens with one attached hydrogen (secondary N) is 2. The highest BCUT2D eigenvalue weighted by Crippen LogP contribution is 2.07. The molecule has 84 valence electrons. The van der Waals surface area contributed by atoms with E-state index in [0.29, 0.717) is 12.0 Å². The van der Waals surface area contributed by atoms with E-state index in [1.54, 1.807) is 0 Å². The molecule has 0 aliphatic carbocycles. The smallest absolute Gasteiger partial charge is 0.223 e. The van der Waals surface area contributed by atoms with Crippen molar-refractivity contribution in [1.82, 2.24) is 15.3 Å². The third kappa shape index (κ3) is 3.83. The monoisotopic (exact) mass is 208 g/mol. The third-order valence-corrected chi connectivity index (χ3v) is 2.06. The van der Waals surface area contributed by atoms with E-state index in [9.17, 15) is 0 Å². The zero-order chi connectivity index (χ0) is 11.3. The molecule has 0 amide bonds. The van der Waals surface area contributed by atoms with Crippen LogP contribution in [0.4, 0.5) is 5.95 Å². The van der Waals surface area contributed by atoms with Crippen molar-refractivity contribution >= 4 is 5.95 Å². The molecule has 0 unspecified atom stereocenters. The number of hydrogen-bond acceptors (Lipinski definition) is 4. The minimum Gasteiger partial charge on any atom is -0.352 e. The molecule has 0 saturated carbocycles. The fraction of sp³-hybridized carbons (Fsp3) is 0.636. The van der Waals surface area contributed by atoms with Gasteiger partial charge in [0.2, 0.25) is 5.95 Å². The highest BCUT2D eigenvalue weighted by Gasteiger charge is 2.03. The SMILES string of the molecule is CCNCc1cnc(NC(C)C)nc1C. The Kier molecular flexibility index (Phi) is 4.49. The van der Waals surface area contributed by atoms with E-state index < -0.39 is 0 Å². The Morgan fingerprint density at radius 1 is 1.40 bits per heavy atom. The second kappa shape index (κ2) is 5.66. The predicted octanol–water partition coefficient (Wildman–Crippen LogP) is 1.71. The van der Waals surface area contributed by atoms with Gasteiger partial charge in [0.05, 0.1) is 0 Å². The lowest BCUT2D eigenvalue weighted by atomic mass is 10.2. The molecule has 0 aliphatic rings. The molecule has 0 bridgehead atoms. The van der Waals surface area contributed by atoms with Gasteiger partial charge in [-0.15, -0.1) is 0 Å². The first-order chi connectivity index (χ1) is 7.13. The van der Waals surface area contributed by atoms with Gasteiger partial charge in [-0.3, -0.25) is 0 Å². The fourth-order valence-corrected chi connectivity index (χ4v) is 1.25. The van der Waals surface area contributed by atoms with Crippen molar-refractivity contribution in [2.75, 3.05) is 11.9 Å². The molecule has 0 saturated heterocycles. The minimum absolute atomic E-state index is 0.365. The summed E-state index contributed by atoms with van der Waals surface area (Å²) in [6.45, 7) is 10.1. The van der Waals surface area contributed by atoms with Gasteiger partial charge in [0, 0.05) is 30.0 Å². The van der Waals surface area contributed by atoms with Gasteiger partial charge in [-0.05, 0) is 27.3 Å². The van der Waals surface area contributed by atoms with E-state index in [2.05, 4.69) is 41.4 Å². The lowest BCUT2D eigenvalue weighted by Crippen LogP contribution is -2.16. The third-order valence-electron chi connectivity index (χ3n) is 2.06. The maximum absolute atomic E-state index is 4.40. The zero-order valence-corrected chi connectivity index (χ0v) is 9.96. The van der Waals surface area contributed by atoms with Crippen molar-refractivity contribution in [3.05, 3.63) is 17.5 Å². The number of aromatic nitrogens is 2. The number of nitrogens with zero attached hydrogens (tertiary/aromatic N) is 2. The van der Waals surface area contributed by atoms with Gasteiger partial charge in [-0.2, -0.15) is 0 Å². The Morgan fingerprint density at radius 3 is 2.67 bits per heavy atom. The van der Waals surface area contributed by atoms with Crippen molar-refractivity contribution in [1.29, 1.82) is 0 Å². The lowest BCUT2D eigenvalue weighted by molar-refractivity contribution is 0.715. The van der Waals surface area contributed by atoms with E-state index >= 15 is 0 Å². The van der Waals surface area contributed by atoms with Crippen LogP contribution in [0.3, 0.4) is 0 Å². The summed E-state index contributed by atoms with van der Waals surface area (Å²) in [5.41, 5.74) is 2.19. The molecule has 1 rings (SSSR count). The number of hydrogen-bond donors (Lipinski definition) is 2. The molecule has 0 spiro atoms. The summed E-state index contributed by atoms with van der Waals surface area (Å²) in [6.07, 6.45) is 1.88. The van der Waals surface area contributed by atoms with Gasteiger partial charge in [0.1, 0.15) is 0 Å². The van der Waals surface area contributed by atoms with Crippen molar-refractivity contribution in [2.45, 2.75) is 40.3 Å². The van der Waals surface area contributed by atoms with Crippen LogP contribution in [0.15, 0.2) is 6.20 Å². The highest BCUT2D eigenvalue weighted by atomic mass is 15.1. The van der Waals surface area contributed by atoms with Crippen LogP contribution in [-0.2, 0) is 6.54 Å². The summed E-state index contributed by atoms with van der Waals surface area (Å²) in [4.78, 5) is 8.67. The quantitative estimate of drug-likeness (QED) is 0.773. The molecular formula is C11H20N4. The maximum atomic E-state index is 4.40. The zero-order valence-electron chi connectivity index (χ0n) is 9.96. The summed E-state index contributed by atoms with van der Waals surface area (Å²) in [5, 5.41) is 6.45. The molecule has 4 nitrogen and oxygen atoms in total. The van der Waals surface area contributed by atoms with Gasteiger partial charge in [-0.25, -0.2) is 9.97 Å². The van der Waals surface area contributed by atoms with Crippen molar-refractivity contribution in [3.63, 3.8) is 0 Å². The van der Waals surface area contributed by atoms with Crippen LogP contribution in [0.25, 0.3) is 0 Å². The topological polar surface area (TPSA) is 49.8 Å². The van der Waals surface area contributed by atoms with Crippen molar-refractivity contribution in [2.24, 2.45) is 0 Å². The first-order valence-electron chi connectivity index (χ1n) is 5.43. The molecule has 1 aromatic heterocycles. The molecular weight excluding hydrogens is 188 g/mol. The average molecular weight is 208 g/mol. The predicted molar refractivity (Wildman–Crippen MR) is 62.9 cm³/mol. The molecule has 0 aliphatic heterocycles. The van der Waals surface area contributed by atoms with Gasteiger partial charge < -0.3 is 10.6 Å². The summed E-state index contributed by atoms with van der Waals surface area (Å²) in [6, 6.07) is 0.365. The average Bonchev–Trinajstić information content (AvgIpc) is 2.15. The molecule has 0 aromatic carbocycles. The van der Waals surface area contributed by atoms with Crippen LogP contribution in [0.1, 0.15) is 32.0 Å². The van der Waals surface area contributed by atoms with E-state index in [1.807, 2.05) is 13.1 Å². The Hall–Kier alpha value is -1.16. The molecule has 0 fully saturated rings. The van der Waals surface area contributed by atoms with Crippen LogP contribution in [0, 0.1) is 6.92 Å². The van der Waals surface area contributed by atoms with Crippen LogP contribution in [-0.4, -0.2) is 22.6 Å². The van der Waals surface area contributed by atoms with Gasteiger partial charge in [0.15, 0.2) is 0 Å². The normalized spacial score (nSPS) is 10.7. The standard InChI is InChI=1S/C11H20N4/c1-5-12-6-10-7-13-11(14-8(2)3)15-9(10)4/h7-8,12H,5-6H2,1-4H3,(H,13,14,15). The molecule has 0 radical (unpaired) electrons. The molecule has 2 N–H and O–H groups in total. The molecule has 15 heavy (non-hydrogen) atoms. The van der Waals surface area contributed by atoms with Crippen LogP contribution in [0.2, 0.25) is 0 Å². The Labute approximate surface area is 91.5 Å².